The van der Waals surface area contributed by atoms with Gasteiger partial charge in [0.1, 0.15) is 11.1 Å². The molecule has 0 aliphatic rings. The van der Waals surface area contributed by atoms with E-state index in [1.54, 1.807) is 16.6 Å². The maximum atomic E-state index is 12.4. The molecule has 0 saturated heterocycles. The van der Waals surface area contributed by atoms with Crippen molar-refractivity contribution in [2.45, 2.75) is 6.92 Å². The molecule has 0 atom stereocenters. The molecule has 3 heterocycles. The molecule has 8 heteroatoms. The van der Waals surface area contributed by atoms with Gasteiger partial charge >= 0.3 is 5.63 Å². The summed E-state index contributed by atoms with van der Waals surface area (Å²) < 4.78 is 6.96. The summed E-state index contributed by atoms with van der Waals surface area (Å²) in [4.78, 5) is 13.0. The van der Waals surface area contributed by atoms with Crippen molar-refractivity contribution in [1.29, 1.82) is 0 Å². The molecule has 5 rings (SSSR count). The lowest BCUT2D eigenvalue weighted by Crippen LogP contribution is -2.06. The van der Waals surface area contributed by atoms with E-state index in [2.05, 4.69) is 20.6 Å². The summed E-state index contributed by atoms with van der Waals surface area (Å²) in [5, 5.41) is 17.5. The van der Waals surface area contributed by atoms with Gasteiger partial charge in [0.05, 0.1) is 0 Å². The molecule has 5 aromatic rings. The zero-order chi connectivity index (χ0) is 18.4. The Kier molecular flexibility index (Phi) is 3.51. The largest absolute Gasteiger partial charge is 0.422 e. The predicted molar refractivity (Wildman–Crippen MR) is 105 cm³/mol. The molecule has 0 bridgehead atoms. The Morgan fingerprint density at radius 3 is 2.74 bits per heavy atom. The number of anilines is 2. The highest BCUT2D eigenvalue weighted by Gasteiger charge is 2.18. The van der Waals surface area contributed by atoms with Gasteiger partial charge < -0.3 is 9.73 Å². The molecule has 132 valence electrons. The van der Waals surface area contributed by atoms with Crippen molar-refractivity contribution >= 4 is 38.1 Å². The normalized spacial score (nSPS) is 11.3. The number of aromatic nitrogens is 4. The third-order valence-corrected chi connectivity index (χ3v) is 4.99. The molecule has 2 aromatic carbocycles. The van der Waals surface area contributed by atoms with Gasteiger partial charge in [-0.1, -0.05) is 47.2 Å². The van der Waals surface area contributed by atoms with E-state index in [1.165, 1.54) is 16.9 Å². The molecule has 0 aliphatic heterocycles. The molecule has 27 heavy (non-hydrogen) atoms. The maximum Gasteiger partial charge on any atom is 0.347 e. The molecule has 7 nitrogen and oxygen atoms in total. The third-order valence-electron chi connectivity index (χ3n) is 4.18. The second kappa shape index (κ2) is 6.03. The summed E-state index contributed by atoms with van der Waals surface area (Å²) in [6.07, 6.45) is 0. The van der Waals surface area contributed by atoms with Gasteiger partial charge in [0, 0.05) is 11.1 Å². The van der Waals surface area contributed by atoms with Crippen molar-refractivity contribution in [1.82, 2.24) is 19.8 Å². The van der Waals surface area contributed by atoms with E-state index in [-0.39, 0.29) is 0 Å². The fourth-order valence-corrected chi connectivity index (χ4v) is 3.57. The lowest BCUT2D eigenvalue weighted by atomic mass is 10.2. The Morgan fingerprint density at radius 2 is 1.89 bits per heavy atom. The van der Waals surface area contributed by atoms with E-state index < -0.39 is 5.63 Å². The minimum absolute atomic E-state index is 0.327. The predicted octanol–water partition coefficient (Wildman–Crippen LogP) is 4.01. The third kappa shape index (κ3) is 2.76. The van der Waals surface area contributed by atoms with Crippen LogP contribution in [-0.2, 0) is 0 Å². The first-order valence-corrected chi connectivity index (χ1v) is 9.08. The van der Waals surface area contributed by atoms with Crippen LogP contribution in [0.5, 0.6) is 0 Å². The van der Waals surface area contributed by atoms with Crippen molar-refractivity contribution in [2.75, 3.05) is 5.32 Å². The monoisotopic (exact) mass is 375 g/mol. The van der Waals surface area contributed by atoms with Crippen LogP contribution in [-0.4, -0.2) is 19.8 Å². The van der Waals surface area contributed by atoms with E-state index in [9.17, 15) is 4.79 Å². The van der Waals surface area contributed by atoms with Gasteiger partial charge in [0.2, 0.25) is 10.1 Å². The Morgan fingerprint density at radius 1 is 1.07 bits per heavy atom. The van der Waals surface area contributed by atoms with Crippen LogP contribution in [0.3, 0.4) is 0 Å². The number of fused-ring (bicyclic) bond motifs is 2. The minimum atomic E-state index is -0.468. The van der Waals surface area contributed by atoms with Crippen molar-refractivity contribution in [3.8, 4) is 11.4 Å². The van der Waals surface area contributed by atoms with Crippen LogP contribution in [0.25, 0.3) is 27.3 Å². The van der Waals surface area contributed by atoms with Crippen molar-refractivity contribution < 1.29 is 4.42 Å². The van der Waals surface area contributed by atoms with E-state index >= 15 is 0 Å². The van der Waals surface area contributed by atoms with E-state index in [0.29, 0.717) is 27.1 Å². The molecule has 0 saturated carbocycles. The summed E-state index contributed by atoms with van der Waals surface area (Å²) in [6, 6.07) is 17.1. The lowest BCUT2D eigenvalue weighted by Gasteiger charge is -2.02. The molecule has 0 radical (unpaired) electrons. The number of nitrogens with one attached hydrogen (secondary N) is 1. The number of hydrogen-bond acceptors (Lipinski definition) is 7. The molecule has 0 unspecified atom stereocenters. The quantitative estimate of drug-likeness (QED) is 0.480. The Hall–Kier alpha value is -3.52. The first-order chi connectivity index (χ1) is 13.2. The average molecular weight is 375 g/mol. The zero-order valence-corrected chi connectivity index (χ0v) is 15.0. The van der Waals surface area contributed by atoms with Crippen LogP contribution in [0, 0.1) is 6.92 Å². The van der Waals surface area contributed by atoms with Gasteiger partial charge in [-0.3, -0.25) is 0 Å². The highest BCUT2D eigenvalue weighted by atomic mass is 32.1. The number of para-hydroxylation sites is 1. The highest BCUT2D eigenvalue weighted by Crippen LogP contribution is 2.26. The first-order valence-electron chi connectivity index (χ1n) is 8.26. The van der Waals surface area contributed by atoms with Gasteiger partial charge in [-0.2, -0.15) is 4.52 Å². The molecule has 0 fully saturated rings. The van der Waals surface area contributed by atoms with Gasteiger partial charge in [0.15, 0.2) is 5.82 Å². The van der Waals surface area contributed by atoms with Crippen LogP contribution < -0.4 is 10.9 Å². The first kappa shape index (κ1) is 15.7. The number of benzene rings is 2. The zero-order valence-electron chi connectivity index (χ0n) is 14.2. The molecule has 0 amide bonds. The molecule has 3 aromatic heterocycles. The number of rotatable bonds is 3. The van der Waals surface area contributed by atoms with E-state index in [0.717, 1.165) is 11.1 Å². The summed E-state index contributed by atoms with van der Waals surface area (Å²) >= 11 is 1.36. The summed E-state index contributed by atoms with van der Waals surface area (Å²) in [5.41, 5.74) is 2.51. The molecular formula is C19H13N5O2S. The maximum absolute atomic E-state index is 12.4. The van der Waals surface area contributed by atoms with Crippen molar-refractivity contribution in [3.05, 3.63) is 70.6 Å². The van der Waals surface area contributed by atoms with Gasteiger partial charge in [-0.25, -0.2) is 4.79 Å². The highest BCUT2D eigenvalue weighted by molar-refractivity contribution is 7.20. The minimum Gasteiger partial charge on any atom is -0.422 e. The Labute approximate surface area is 156 Å². The lowest BCUT2D eigenvalue weighted by molar-refractivity contribution is 0.562. The summed E-state index contributed by atoms with van der Waals surface area (Å²) in [5.74, 6) is 0.359. The van der Waals surface area contributed by atoms with Crippen LogP contribution in [0.4, 0.5) is 10.8 Å². The molecule has 0 spiro atoms. The van der Waals surface area contributed by atoms with Crippen LogP contribution in [0.1, 0.15) is 5.56 Å². The SMILES string of the molecule is Cc1ccc(Nc2nn3c(-c4cc5ccccc5oc4=O)nnc3s2)cc1. The topological polar surface area (TPSA) is 85.3 Å². The number of aryl methyl sites for hydroxylation is 1. The molecule has 1 N–H and O–H groups in total. The van der Waals surface area contributed by atoms with Crippen LogP contribution in [0.2, 0.25) is 0 Å². The molecule has 0 aliphatic carbocycles. The van der Waals surface area contributed by atoms with E-state index in [1.807, 2.05) is 49.4 Å². The average Bonchev–Trinajstić information content (AvgIpc) is 3.23. The van der Waals surface area contributed by atoms with Crippen LogP contribution in [0.15, 0.2) is 63.8 Å². The van der Waals surface area contributed by atoms with Crippen molar-refractivity contribution in [2.24, 2.45) is 0 Å². The van der Waals surface area contributed by atoms with Gasteiger partial charge in [0.25, 0.3) is 0 Å². The fourth-order valence-electron chi connectivity index (χ4n) is 2.81. The molecular weight excluding hydrogens is 362 g/mol. The fraction of sp³-hybridized carbons (Fsp3) is 0.0526. The Balaban J connectivity index is 1.58. The smallest absolute Gasteiger partial charge is 0.347 e. The van der Waals surface area contributed by atoms with E-state index in [4.69, 9.17) is 4.42 Å². The van der Waals surface area contributed by atoms with Gasteiger partial charge in [-0.05, 0) is 31.2 Å². The standard InChI is InChI=1S/C19H13N5O2S/c1-11-6-8-13(9-7-11)20-18-23-24-16(21-22-19(24)27-18)14-10-12-4-2-3-5-15(12)26-17(14)25/h2-10H,1H3,(H,20,23). The van der Waals surface area contributed by atoms with Crippen LogP contribution >= 0.6 is 11.3 Å². The number of hydrogen-bond donors (Lipinski definition) is 1. The van der Waals surface area contributed by atoms with Gasteiger partial charge in [-0.15, -0.1) is 15.3 Å². The second-order valence-electron chi connectivity index (χ2n) is 6.10. The second-order valence-corrected chi connectivity index (χ2v) is 7.06. The Bertz CT molecular complexity index is 1330. The van der Waals surface area contributed by atoms with Crippen molar-refractivity contribution in [3.63, 3.8) is 0 Å². The summed E-state index contributed by atoms with van der Waals surface area (Å²) in [6.45, 7) is 2.04. The number of nitrogens with zero attached hydrogens (tertiary/aromatic N) is 4. The summed E-state index contributed by atoms with van der Waals surface area (Å²) in [7, 11) is 0.